The Hall–Kier alpha value is -2.89. The van der Waals surface area contributed by atoms with Gasteiger partial charge in [0, 0.05) is 30.3 Å². The molecule has 0 aliphatic heterocycles. The van der Waals surface area contributed by atoms with Crippen molar-refractivity contribution in [3.05, 3.63) is 59.8 Å². The van der Waals surface area contributed by atoms with Crippen LogP contribution in [0, 0.1) is 0 Å². The fraction of sp³-hybridized carbons (Fsp3) is 0.381. The van der Waals surface area contributed by atoms with Crippen molar-refractivity contribution >= 4 is 17.6 Å². The minimum atomic E-state index is -0.353. The molecule has 0 atom stereocenters. The number of Topliss-reactive ketones (excluding diaryl/α,β-unsaturated/α-hetero) is 1. The monoisotopic (exact) mass is 369 g/mol. The number of carbonyl (C=O) groups is 3. The van der Waals surface area contributed by atoms with Gasteiger partial charge in [-0.1, -0.05) is 43.8 Å². The fourth-order valence-corrected chi connectivity index (χ4v) is 2.75. The molecule has 0 radical (unpaired) electrons. The van der Waals surface area contributed by atoms with Gasteiger partial charge in [-0.25, -0.2) is 0 Å². The number of benzene rings is 1. The predicted molar refractivity (Wildman–Crippen MR) is 105 cm³/mol. The van der Waals surface area contributed by atoms with E-state index in [2.05, 4.69) is 29.5 Å². The first-order valence-electron chi connectivity index (χ1n) is 9.15. The van der Waals surface area contributed by atoms with E-state index >= 15 is 0 Å². The molecule has 2 amide bonds. The highest BCUT2D eigenvalue weighted by molar-refractivity contribution is 5.96. The molecule has 27 heavy (non-hydrogen) atoms. The molecule has 1 aromatic carbocycles. The number of amides is 2. The van der Waals surface area contributed by atoms with E-state index in [1.54, 1.807) is 24.3 Å². The molecular weight excluding hydrogens is 342 g/mol. The normalized spacial score (nSPS) is 14.4. The Morgan fingerprint density at radius 3 is 2.52 bits per heavy atom. The van der Waals surface area contributed by atoms with Gasteiger partial charge in [0.2, 0.25) is 5.91 Å². The maximum atomic E-state index is 12.1. The largest absolute Gasteiger partial charge is 0.378 e. The third kappa shape index (κ3) is 6.09. The van der Waals surface area contributed by atoms with E-state index < -0.39 is 0 Å². The zero-order valence-corrected chi connectivity index (χ0v) is 15.9. The summed E-state index contributed by atoms with van der Waals surface area (Å²) in [6.45, 7) is 7.82. The van der Waals surface area contributed by atoms with Crippen LogP contribution in [0.1, 0.15) is 49.0 Å². The Labute approximate surface area is 160 Å². The molecule has 0 bridgehead atoms. The molecule has 1 aliphatic rings. The van der Waals surface area contributed by atoms with Gasteiger partial charge in [0.05, 0.1) is 5.70 Å². The van der Waals surface area contributed by atoms with Crippen LogP contribution in [0.15, 0.2) is 48.7 Å². The second kappa shape index (κ2) is 9.16. The van der Waals surface area contributed by atoms with Gasteiger partial charge in [-0.05, 0) is 31.7 Å². The van der Waals surface area contributed by atoms with Crippen LogP contribution in [0.5, 0.6) is 0 Å². The molecule has 0 heterocycles. The average Bonchev–Trinajstić information content (AvgIpc) is 3.43. The summed E-state index contributed by atoms with van der Waals surface area (Å²) < 4.78 is 0. The summed E-state index contributed by atoms with van der Waals surface area (Å²) in [5, 5.41) is 8.60. The number of hydrogen-bond acceptors (Lipinski definition) is 4. The van der Waals surface area contributed by atoms with Gasteiger partial charge in [-0.2, -0.15) is 0 Å². The first-order valence-corrected chi connectivity index (χ1v) is 9.15. The second-order valence-corrected chi connectivity index (χ2v) is 6.78. The van der Waals surface area contributed by atoms with E-state index in [-0.39, 0.29) is 35.4 Å². The average molecular weight is 369 g/mol. The van der Waals surface area contributed by atoms with Gasteiger partial charge in [0.1, 0.15) is 0 Å². The van der Waals surface area contributed by atoms with Gasteiger partial charge in [-0.15, -0.1) is 0 Å². The number of nitrogens with one attached hydrogen (secondary N) is 3. The lowest BCUT2D eigenvalue weighted by Crippen LogP contribution is -2.35. The Morgan fingerprint density at radius 1 is 1.19 bits per heavy atom. The Kier molecular flexibility index (Phi) is 6.93. The van der Waals surface area contributed by atoms with Crippen LogP contribution < -0.4 is 16.0 Å². The number of ketones is 1. The lowest BCUT2D eigenvalue weighted by molar-refractivity contribution is -0.118. The lowest BCUT2D eigenvalue weighted by atomic mass is 10.0. The van der Waals surface area contributed by atoms with Crippen LogP contribution in [0.3, 0.4) is 0 Å². The van der Waals surface area contributed by atoms with Crippen molar-refractivity contribution in [3.8, 4) is 0 Å². The summed E-state index contributed by atoms with van der Waals surface area (Å²) in [7, 11) is 0. The van der Waals surface area contributed by atoms with Crippen LogP contribution >= 0.6 is 0 Å². The van der Waals surface area contributed by atoms with Crippen molar-refractivity contribution in [1.82, 2.24) is 16.0 Å². The van der Waals surface area contributed by atoms with Crippen molar-refractivity contribution in [2.45, 2.75) is 45.2 Å². The van der Waals surface area contributed by atoms with E-state index in [0.717, 1.165) is 24.8 Å². The first-order chi connectivity index (χ1) is 12.9. The van der Waals surface area contributed by atoms with Crippen molar-refractivity contribution in [1.29, 1.82) is 0 Å². The third-order valence-electron chi connectivity index (χ3n) is 4.73. The summed E-state index contributed by atoms with van der Waals surface area (Å²) in [5.74, 6) is -0.516. The molecule has 1 fully saturated rings. The number of carbonyl (C=O) groups excluding carboxylic acids is 3. The summed E-state index contributed by atoms with van der Waals surface area (Å²) in [5.41, 5.74) is 1.54. The lowest BCUT2D eigenvalue weighted by Gasteiger charge is -2.13. The molecule has 0 saturated heterocycles. The quantitative estimate of drug-likeness (QED) is 0.436. The molecule has 0 spiro atoms. The molecule has 2 rings (SSSR count). The molecule has 144 valence electrons. The molecule has 1 saturated carbocycles. The maximum Gasteiger partial charge on any atom is 0.267 e. The molecule has 1 aromatic rings. The first kappa shape index (κ1) is 20.4. The molecular formula is C21H27N3O3. The van der Waals surface area contributed by atoms with Crippen LogP contribution in [0.2, 0.25) is 0 Å². The summed E-state index contributed by atoms with van der Waals surface area (Å²) in [4.78, 5) is 35.5. The Morgan fingerprint density at radius 2 is 1.89 bits per heavy atom. The number of rotatable bonds is 10. The minimum absolute atomic E-state index is 0.00546. The molecule has 6 heteroatoms. The van der Waals surface area contributed by atoms with Crippen molar-refractivity contribution in [2.24, 2.45) is 0 Å². The van der Waals surface area contributed by atoms with Crippen LogP contribution in [-0.2, 0) is 16.1 Å². The standard InChI is InChI=1S/C21H27N3O3/c1-4-21(11-12-21)24-19(26)10-7-13-22-15(2)20(27)23-14-17-8-5-6-9-18(17)16(3)25/h5-10,22H,2,4,11-14H2,1,3H3,(H,23,27)(H,24,26)/b10-7+. The van der Waals surface area contributed by atoms with Crippen LogP contribution in [0.25, 0.3) is 0 Å². The van der Waals surface area contributed by atoms with E-state index in [9.17, 15) is 14.4 Å². The Bertz CT molecular complexity index is 764. The summed E-state index contributed by atoms with van der Waals surface area (Å²) >= 11 is 0. The van der Waals surface area contributed by atoms with Gasteiger partial charge in [-0.3, -0.25) is 14.4 Å². The highest BCUT2D eigenvalue weighted by Crippen LogP contribution is 2.38. The molecule has 0 unspecified atom stereocenters. The van der Waals surface area contributed by atoms with Crippen molar-refractivity contribution in [2.75, 3.05) is 6.54 Å². The molecule has 6 nitrogen and oxygen atoms in total. The topological polar surface area (TPSA) is 87.3 Å². The molecule has 3 N–H and O–H groups in total. The van der Waals surface area contributed by atoms with Gasteiger partial charge < -0.3 is 16.0 Å². The smallest absolute Gasteiger partial charge is 0.267 e. The highest BCUT2D eigenvalue weighted by atomic mass is 16.2. The summed E-state index contributed by atoms with van der Waals surface area (Å²) in [6.07, 6.45) is 6.13. The van der Waals surface area contributed by atoms with E-state index in [4.69, 9.17) is 0 Å². The third-order valence-corrected chi connectivity index (χ3v) is 4.73. The zero-order valence-electron chi connectivity index (χ0n) is 15.9. The summed E-state index contributed by atoms with van der Waals surface area (Å²) in [6, 6.07) is 7.15. The Balaban J connectivity index is 1.73. The van der Waals surface area contributed by atoms with Gasteiger partial charge in [0.15, 0.2) is 5.78 Å². The van der Waals surface area contributed by atoms with Gasteiger partial charge >= 0.3 is 0 Å². The molecule has 0 aromatic heterocycles. The van der Waals surface area contributed by atoms with Crippen LogP contribution in [0.4, 0.5) is 0 Å². The predicted octanol–water partition coefficient (Wildman–Crippen LogP) is 2.22. The van der Waals surface area contributed by atoms with E-state index in [1.165, 1.54) is 13.0 Å². The van der Waals surface area contributed by atoms with Gasteiger partial charge in [0.25, 0.3) is 5.91 Å². The SMILES string of the molecule is C=C(NC/C=C/C(=O)NC1(CC)CC1)C(=O)NCc1ccccc1C(C)=O. The van der Waals surface area contributed by atoms with E-state index in [0.29, 0.717) is 12.1 Å². The molecule has 1 aliphatic carbocycles. The fourth-order valence-electron chi connectivity index (χ4n) is 2.75. The van der Waals surface area contributed by atoms with Crippen molar-refractivity contribution < 1.29 is 14.4 Å². The minimum Gasteiger partial charge on any atom is -0.378 e. The van der Waals surface area contributed by atoms with E-state index in [1.807, 2.05) is 6.07 Å². The highest BCUT2D eigenvalue weighted by Gasteiger charge is 2.41. The maximum absolute atomic E-state index is 12.1. The number of hydrogen-bond donors (Lipinski definition) is 3. The second-order valence-electron chi connectivity index (χ2n) is 6.78. The van der Waals surface area contributed by atoms with Crippen LogP contribution in [-0.4, -0.2) is 29.7 Å². The van der Waals surface area contributed by atoms with Crippen molar-refractivity contribution in [3.63, 3.8) is 0 Å². The zero-order chi connectivity index (χ0) is 19.9.